The van der Waals surface area contributed by atoms with Crippen molar-refractivity contribution in [2.24, 2.45) is 0 Å². The highest BCUT2D eigenvalue weighted by atomic mass is 19.4. The second kappa shape index (κ2) is 5.43. The molecule has 1 aromatic heterocycles. The van der Waals surface area contributed by atoms with Gasteiger partial charge in [-0.3, -0.25) is 0 Å². The lowest BCUT2D eigenvalue weighted by atomic mass is 10.0. The summed E-state index contributed by atoms with van der Waals surface area (Å²) in [6, 6.07) is 5.63. The lowest BCUT2D eigenvalue weighted by Crippen LogP contribution is -2.05. The summed E-state index contributed by atoms with van der Waals surface area (Å²) in [5.41, 5.74) is -0.665. The van der Waals surface area contributed by atoms with Crippen LogP contribution in [0.1, 0.15) is 16.1 Å². The van der Waals surface area contributed by atoms with Crippen LogP contribution >= 0.6 is 0 Å². The zero-order valence-electron chi connectivity index (χ0n) is 10.8. The average molecular weight is 297 g/mol. The molecule has 2 aromatic rings. The third-order valence-electron chi connectivity index (χ3n) is 2.82. The maximum absolute atomic E-state index is 12.8. The molecule has 0 aliphatic heterocycles. The number of aromatic nitrogens is 1. The molecule has 0 atom stereocenters. The van der Waals surface area contributed by atoms with Crippen LogP contribution in [0.4, 0.5) is 13.2 Å². The van der Waals surface area contributed by atoms with Gasteiger partial charge in [0, 0.05) is 11.8 Å². The highest BCUT2D eigenvalue weighted by Crippen LogP contribution is 2.37. The molecule has 110 valence electrons. The maximum Gasteiger partial charge on any atom is 0.416 e. The van der Waals surface area contributed by atoms with Crippen LogP contribution in [0, 0.1) is 0 Å². The molecule has 0 fully saturated rings. The van der Waals surface area contributed by atoms with E-state index in [2.05, 4.69) is 4.98 Å². The average Bonchev–Trinajstić information content (AvgIpc) is 2.45. The van der Waals surface area contributed by atoms with Gasteiger partial charge < -0.3 is 9.84 Å². The Morgan fingerprint density at radius 2 is 1.95 bits per heavy atom. The fraction of sp³-hybridized carbons (Fsp3) is 0.143. The Labute approximate surface area is 117 Å². The summed E-state index contributed by atoms with van der Waals surface area (Å²) in [5, 5.41) is 8.89. The largest absolute Gasteiger partial charge is 0.496 e. The Balaban J connectivity index is 2.61. The molecular weight excluding hydrogens is 287 g/mol. The number of hydrogen-bond acceptors (Lipinski definition) is 3. The van der Waals surface area contributed by atoms with E-state index < -0.39 is 17.7 Å². The van der Waals surface area contributed by atoms with E-state index >= 15 is 0 Å². The summed E-state index contributed by atoms with van der Waals surface area (Å²) >= 11 is 0. The number of carbonyl (C=O) groups is 1. The topological polar surface area (TPSA) is 59.4 Å². The van der Waals surface area contributed by atoms with Gasteiger partial charge in [-0.2, -0.15) is 13.2 Å². The predicted molar refractivity (Wildman–Crippen MR) is 68.2 cm³/mol. The number of carboxylic acids is 1. The molecule has 1 N–H and O–H groups in total. The quantitative estimate of drug-likeness (QED) is 0.942. The molecule has 0 bridgehead atoms. The Morgan fingerprint density at radius 1 is 1.24 bits per heavy atom. The normalized spacial score (nSPS) is 11.2. The summed E-state index contributed by atoms with van der Waals surface area (Å²) in [6.07, 6.45) is -3.28. The molecule has 2 rings (SSSR count). The van der Waals surface area contributed by atoms with Gasteiger partial charge in [0.05, 0.1) is 12.7 Å². The smallest absolute Gasteiger partial charge is 0.416 e. The van der Waals surface area contributed by atoms with E-state index in [0.29, 0.717) is 0 Å². The van der Waals surface area contributed by atoms with Crippen LogP contribution in [-0.2, 0) is 6.18 Å². The number of alkyl halides is 3. The van der Waals surface area contributed by atoms with Gasteiger partial charge in [0.25, 0.3) is 0 Å². The molecule has 1 aromatic carbocycles. The van der Waals surface area contributed by atoms with E-state index in [1.807, 2.05) is 0 Å². The molecule has 1 heterocycles. The molecule has 0 unspecified atom stereocenters. The number of rotatable bonds is 3. The summed E-state index contributed by atoms with van der Waals surface area (Å²) in [7, 11) is 1.32. The van der Waals surface area contributed by atoms with E-state index in [1.165, 1.54) is 31.5 Å². The molecule has 0 radical (unpaired) electrons. The van der Waals surface area contributed by atoms with Gasteiger partial charge in [0.2, 0.25) is 0 Å². The highest BCUT2D eigenvalue weighted by molar-refractivity contribution is 5.87. The molecule has 0 aliphatic carbocycles. The van der Waals surface area contributed by atoms with Crippen LogP contribution in [0.15, 0.2) is 36.5 Å². The van der Waals surface area contributed by atoms with Crippen molar-refractivity contribution in [3.63, 3.8) is 0 Å². The number of ether oxygens (including phenoxy) is 1. The number of methoxy groups -OCH3 is 1. The molecule has 0 saturated carbocycles. The number of carboxylic acid groups (broad SMARTS) is 1. The Bertz CT molecular complexity index is 683. The molecule has 7 heteroatoms. The van der Waals surface area contributed by atoms with Crippen LogP contribution < -0.4 is 4.74 Å². The van der Waals surface area contributed by atoms with Crippen molar-refractivity contribution >= 4 is 5.97 Å². The zero-order chi connectivity index (χ0) is 15.6. The Kier molecular flexibility index (Phi) is 3.84. The summed E-state index contributed by atoms with van der Waals surface area (Å²) in [4.78, 5) is 14.5. The van der Waals surface area contributed by atoms with Gasteiger partial charge in [0.15, 0.2) is 0 Å². The lowest BCUT2D eigenvalue weighted by Gasteiger charge is -2.13. The highest BCUT2D eigenvalue weighted by Gasteiger charge is 2.31. The fourth-order valence-electron chi connectivity index (χ4n) is 1.82. The van der Waals surface area contributed by atoms with E-state index in [1.54, 1.807) is 0 Å². The second-order valence-corrected chi connectivity index (χ2v) is 4.15. The summed E-state index contributed by atoms with van der Waals surface area (Å²) in [5.74, 6) is -1.05. The number of benzene rings is 1. The molecule has 0 amide bonds. The van der Waals surface area contributed by atoms with Crippen molar-refractivity contribution in [1.29, 1.82) is 0 Å². The van der Waals surface area contributed by atoms with Crippen molar-refractivity contribution in [1.82, 2.24) is 4.98 Å². The maximum atomic E-state index is 12.8. The second-order valence-electron chi connectivity index (χ2n) is 4.15. The molecular formula is C14H10F3NO3. The van der Waals surface area contributed by atoms with Gasteiger partial charge in [-0.15, -0.1) is 0 Å². The Morgan fingerprint density at radius 3 is 2.52 bits per heavy atom. The third kappa shape index (κ3) is 3.13. The SMILES string of the molecule is COc1ccc(C(F)(F)F)cc1-c1ccnc(C(=O)O)c1. The third-order valence-corrected chi connectivity index (χ3v) is 2.82. The molecule has 21 heavy (non-hydrogen) atoms. The lowest BCUT2D eigenvalue weighted by molar-refractivity contribution is -0.137. The molecule has 0 spiro atoms. The standard InChI is InChI=1S/C14H10F3NO3/c1-21-12-3-2-9(14(15,16)17)7-10(12)8-4-5-18-11(6-8)13(19)20/h2-7H,1H3,(H,19,20). The van der Waals surface area contributed by atoms with Crippen LogP contribution in [0.5, 0.6) is 5.75 Å². The van der Waals surface area contributed by atoms with E-state index in [-0.39, 0.29) is 22.6 Å². The molecule has 4 nitrogen and oxygen atoms in total. The van der Waals surface area contributed by atoms with Crippen LogP contribution in [0.25, 0.3) is 11.1 Å². The van der Waals surface area contributed by atoms with Crippen molar-refractivity contribution in [3.05, 3.63) is 47.8 Å². The number of halogens is 3. The first-order chi connectivity index (χ1) is 9.82. The van der Waals surface area contributed by atoms with Gasteiger partial charge in [-0.05, 0) is 35.9 Å². The number of pyridine rings is 1. The minimum absolute atomic E-state index is 0.150. The number of hydrogen-bond donors (Lipinski definition) is 1. The zero-order valence-corrected chi connectivity index (χ0v) is 10.8. The monoisotopic (exact) mass is 297 g/mol. The summed E-state index contributed by atoms with van der Waals surface area (Å²) in [6.45, 7) is 0. The van der Waals surface area contributed by atoms with Crippen LogP contribution in [0.3, 0.4) is 0 Å². The van der Waals surface area contributed by atoms with Crippen LogP contribution in [0.2, 0.25) is 0 Å². The first-order valence-electron chi connectivity index (χ1n) is 5.78. The van der Waals surface area contributed by atoms with Gasteiger partial charge in [-0.25, -0.2) is 9.78 Å². The minimum atomic E-state index is -4.50. The van der Waals surface area contributed by atoms with E-state index in [4.69, 9.17) is 9.84 Å². The fourth-order valence-corrected chi connectivity index (χ4v) is 1.82. The number of aromatic carboxylic acids is 1. The number of nitrogens with zero attached hydrogens (tertiary/aromatic N) is 1. The van der Waals surface area contributed by atoms with Crippen molar-refractivity contribution in [2.75, 3.05) is 7.11 Å². The van der Waals surface area contributed by atoms with Gasteiger partial charge in [-0.1, -0.05) is 0 Å². The Hall–Kier alpha value is -2.57. The summed E-state index contributed by atoms with van der Waals surface area (Å²) < 4.78 is 43.4. The van der Waals surface area contributed by atoms with Crippen molar-refractivity contribution in [2.45, 2.75) is 6.18 Å². The van der Waals surface area contributed by atoms with Crippen molar-refractivity contribution < 1.29 is 27.8 Å². The first-order valence-corrected chi connectivity index (χ1v) is 5.78. The van der Waals surface area contributed by atoms with Gasteiger partial charge >= 0.3 is 12.1 Å². The predicted octanol–water partition coefficient (Wildman–Crippen LogP) is 3.47. The van der Waals surface area contributed by atoms with E-state index in [0.717, 1.165) is 12.1 Å². The van der Waals surface area contributed by atoms with Crippen molar-refractivity contribution in [3.8, 4) is 16.9 Å². The van der Waals surface area contributed by atoms with Gasteiger partial charge in [0.1, 0.15) is 11.4 Å². The first kappa shape index (κ1) is 14.8. The van der Waals surface area contributed by atoms with E-state index in [9.17, 15) is 18.0 Å². The minimum Gasteiger partial charge on any atom is -0.496 e. The van der Waals surface area contributed by atoms with Crippen LogP contribution in [-0.4, -0.2) is 23.2 Å². The molecule has 0 saturated heterocycles. The molecule has 0 aliphatic rings.